The van der Waals surface area contributed by atoms with Crippen LogP contribution >= 0.6 is 15.9 Å². The molecular formula is C15H18BrNO. The molecule has 0 aromatic heterocycles. The summed E-state index contributed by atoms with van der Waals surface area (Å²) in [4.78, 5) is 12.7. The molecule has 3 unspecified atom stereocenters. The van der Waals surface area contributed by atoms with Crippen LogP contribution in [-0.2, 0) is 11.2 Å². The second kappa shape index (κ2) is 5.04. The molecule has 1 N–H and O–H groups in total. The minimum absolute atomic E-state index is 0.0860. The van der Waals surface area contributed by atoms with Gasteiger partial charge in [-0.2, -0.15) is 0 Å². The number of hydrogen-bond donors (Lipinski definition) is 1. The fourth-order valence-corrected chi connectivity index (χ4v) is 3.74. The molecule has 18 heavy (non-hydrogen) atoms. The summed E-state index contributed by atoms with van der Waals surface area (Å²) in [6.45, 7) is 0. The van der Waals surface area contributed by atoms with Gasteiger partial charge in [0.2, 0.25) is 5.91 Å². The Labute approximate surface area is 116 Å². The maximum absolute atomic E-state index is 12.3. The van der Waals surface area contributed by atoms with Crippen LogP contribution in [0, 0.1) is 0 Å². The summed E-state index contributed by atoms with van der Waals surface area (Å²) < 4.78 is 0. The molecule has 3 atom stereocenters. The number of alkyl halides is 1. The molecule has 0 aliphatic heterocycles. The fraction of sp³-hybridized carbons (Fsp3) is 0.533. The number of carbonyl (C=O) groups is 1. The Hall–Kier alpha value is -0.830. The number of carbonyl (C=O) groups excluding carboxylic acids is 1. The lowest BCUT2D eigenvalue weighted by Gasteiger charge is -2.33. The quantitative estimate of drug-likeness (QED) is 0.836. The molecule has 2 aliphatic rings. The Bertz CT molecular complexity index is 460. The maximum atomic E-state index is 12.3. The van der Waals surface area contributed by atoms with Crippen molar-refractivity contribution in [2.45, 2.75) is 48.9 Å². The molecule has 2 aliphatic carbocycles. The second-order valence-electron chi connectivity index (χ2n) is 5.37. The molecule has 0 radical (unpaired) electrons. The first-order chi connectivity index (χ1) is 8.75. The minimum Gasteiger partial charge on any atom is -0.352 e. The van der Waals surface area contributed by atoms with Crippen LogP contribution in [0.5, 0.6) is 0 Å². The normalized spacial score (nSPS) is 30.2. The van der Waals surface area contributed by atoms with E-state index in [9.17, 15) is 4.79 Å². The van der Waals surface area contributed by atoms with Crippen LogP contribution < -0.4 is 5.32 Å². The molecule has 96 valence electrons. The highest BCUT2D eigenvalue weighted by molar-refractivity contribution is 9.09. The number of nitrogens with one attached hydrogen (secondary N) is 1. The third-order valence-electron chi connectivity index (χ3n) is 4.18. The molecule has 1 aromatic carbocycles. The Kier molecular flexibility index (Phi) is 3.42. The van der Waals surface area contributed by atoms with E-state index in [4.69, 9.17) is 0 Å². The molecule has 1 amide bonds. The van der Waals surface area contributed by atoms with E-state index >= 15 is 0 Å². The van der Waals surface area contributed by atoms with Crippen molar-refractivity contribution in [1.29, 1.82) is 0 Å². The monoisotopic (exact) mass is 307 g/mol. The van der Waals surface area contributed by atoms with Crippen molar-refractivity contribution in [3.05, 3.63) is 35.4 Å². The van der Waals surface area contributed by atoms with Gasteiger partial charge >= 0.3 is 0 Å². The predicted octanol–water partition coefficient (Wildman–Crippen LogP) is 3.15. The SMILES string of the molecule is O=C(NC1CCCCC1Br)C1Cc2ccccc21. The van der Waals surface area contributed by atoms with Crippen LogP contribution in [0.4, 0.5) is 0 Å². The van der Waals surface area contributed by atoms with Gasteiger partial charge in [0.1, 0.15) is 0 Å². The molecule has 3 heteroatoms. The Balaban J connectivity index is 1.63. The summed E-state index contributed by atoms with van der Waals surface area (Å²) in [5.41, 5.74) is 2.55. The first-order valence-electron chi connectivity index (χ1n) is 6.78. The first kappa shape index (κ1) is 12.2. The average molecular weight is 308 g/mol. The fourth-order valence-electron chi connectivity index (χ4n) is 3.02. The van der Waals surface area contributed by atoms with Crippen LogP contribution in [0.3, 0.4) is 0 Å². The van der Waals surface area contributed by atoms with E-state index < -0.39 is 0 Å². The number of halogens is 1. The third-order valence-corrected chi connectivity index (χ3v) is 5.28. The zero-order valence-electron chi connectivity index (χ0n) is 10.4. The topological polar surface area (TPSA) is 29.1 Å². The summed E-state index contributed by atoms with van der Waals surface area (Å²) in [6, 6.07) is 8.58. The number of amides is 1. The van der Waals surface area contributed by atoms with Crippen molar-refractivity contribution in [3.8, 4) is 0 Å². The van der Waals surface area contributed by atoms with Gasteiger partial charge in [0.15, 0.2) is 0 Å². The number of benzene rings is 1. The van der Waals surface area contributed by atoms with Crippen molar-refractivity contribution in [2.75, 3.05) is 0 Å². The van der Waals surface area contributed by atoms with E-state index in [2.05, 4.69) is 33.4 Å². The number of fused-ring (bicyclic) bond motifs is 1. The van der Waals surface area contributed by atoms with E-state index in [0.717, 1.165) is 12.8 Å². The van der Waals surface area contributed by atoms with Gasteiger partial charge < -0.3 is 5.32 Å². The van der Waals surface area contributed by atoms with Gasteiger partial charge in [-0.3, -0.25) is 4.79 Å². The van der Waals surface area contributed by atoms with Gasteiger partial charge in [0, 0.05) is 10.9 Å². The third kappa shape index (κ3) is 2.20. The molecule has 1 fully saturated rings. The zero-order valence-corrected chi connectivity index (χ0v) is 11.9. The zero-order chi connectivity index (χ0) is 12.5. The molecule has 0 spiro atoms. The largest absolute Gasteiger partial charge is 0.352 e. The standard InChI is InChI=1S/C15H18BrNO/c16-13-7-3-4-8-14(13)17-15(18)12-9-10-5-1-2-6-11(10)12/h1-2,5-6,12-14H,3-4,7-9H2,(H,17,18). The molecular weight excluding hydrogens is 290 g/mol. The van der Waals surface area contributed by atoms with Crippen LogP contribution in [0.15, 0.2) is 24.3 Å². The van der Waals surface area contributed by atoms with E-state index in [0.29, 0.717) is 10.9 Å². The van der Waals surface area contributed by atoms with Crippen LogP contribution in [-0.4, -0.2) is 16.8 Å². The van der Waals surface area contributed by atoms with Gasteiger partial charge in [-0.05, 0) is 30.4 Å². The number of hydrogen-bond acceptors (Lipinski definition) is 1. The van der Waals surface area contributed by atoms with Crippen molar-refractivity contribution in [1.82, 2.24) is 5.32 Å². The predicted molar refractivity (Wildman–Crippen MR) is 76.0 cm³/mol. The second-order valence-corrected chi connectivity index (χ2v) is 6.55. The lowest BCUT2D eigenvalue weighted by Crippen LogP contribution is -2.46. The summed E-state index contributed by atoms with van der Waals surface area (Å²) in [5, 5.41) is 3.23. The minimum atomic E-state index is 0.0860. The molecule has 1 aromatic rings. The van der Waals surface area contributed by atoms with Crippen molar-refractivity contribution >= 4 is 21.8 Å². The van der Waals surface area contributed by atoms with Crippen LogP contribution in [0.25, 0.3) is 0 Å². The molecule has 0 heterocycles. The average Bonchev–Trinajstić information content (AvgIpc) is 2.34. The summed E-state index contributed by atoms with van der Waals surface area (Å²) in [7, 11) is 0. The van der Waals surface area contributed by atoms with E-state index in [1.165, 1.54) is 30.4 Å². The summed E-state index contributed by atoms with van der Waals surface area (Å²) in [5.74, 6) is 0.299. The maximum Gasteiger partial charge on any atom is 0.228 e. The Morgan fingerprint density at radius 1 is 1.22 bits per heavy atom. The van der Waals surface area contributed by atoms with E-state index in [1.807, 2.05) is 12.1 Å². The van der Waals surface area contributed by atoms with Crippen molar-refractivity contribution in [2.24, 2.45) is 0 Å². The smallest absolute Gasteiger partial charge is 0.228 e. The van der Waals surface area contributed by atoms with Gasteiger partial charge in [-0.15, -0.1) is 0 Å². The van der Waals surface area contributed by atoms with Crippen molar-refractivity contribution in [3.63, 3.8) is 0 Å². The van der Waals surface area contributed by atoms with Gasteiger partial charge in [0.05, 0.1) is 5.92 Å². The molecule has 3 rings (SSSR count). The van der Waals surface area contributed by atoms with Crippen molar-refractivity contribution < 1.29 is 4.79 Å². The lowest BCUT2D eigenvalue weighted by atomic mass is 9.77. The molecule has 1 saturated carbocycles. The van der Waals surface area contributed by atoms with Gasteiger partial charge in [-0.25, -0.2) is 0 Å². The molecule has 2 nitrogen and oxygen atoms in total. The first-order valence-corrected chi connectivity index (χ1v) is 7.69. The molecule has 0 saturated heterocycles. The lowest BCUT2D eigenvalue weighted by molar-refractivity contribution is -0.123. The summed E-state index contributed by atoms with van der Waals surface area (Å²) in [6.07, 6.45) is 5.69. The Morgan fingerprint density at radius 2 is 2.00 bits per heavy atom. The van der Waals surface area contributed by atoms with Crippen LogP contribution in [0.1, 0.15) is 42.7 Å². The van der Waals surface area contributed by atoms with E-state index in [-0.39, 0.29) is 11.8 Å². The summed E-state index contributed by atoms with van der Waals surface area (Å²) >= 11 is 3.69. The van der Waals surface area contributed by atoms with E-state index in [1.54, 1.807) is 0 Å². The van der Waals surface area contributed by atoms with Gasteiger partial charge in [0.25, 0.3) is 0 Å². The number of rotatable bonds is 2. The highest BCUT2D eigenvalue weighted by atomic mass is 79.9. The van der Waals surface area contributed by atoms with Crippen LogP contribution in [0.2, 0.25) is 0 Å². The highest BCUT2D eigenvalue weighted by Gasteiger charge is 2.34. The Morgan fingerprint density at radius 3 is 2.78 bits per heavy atom. The highest BCUT2D eigenvalue weighted by Crippen LogP contribution is 2.35. The molecule has 0 bridgehead atoms. The van der Waals surface area contributed by atoms with Gasteiger partial charge in [-0.1, -0.05) is 53.0 Å².